The lowest BCUT2D eigenvalue weighted by Gasteiger charge is -2.07. The molecule has 25 heavy (non-hydrogen) atoms. The van der Waals surface area contributed by atoms with Crippen molar-refractivity contribution in [3.05, 3.63) is 65.9 Å². The molecule has 0 aliphatic carbocycles. The van der Waals surface area contributed by atoms with Gasteiger partial charge in [-0.2, -0.15) is 0 Å². The monoisotopic (exact) mass is 389 g/mol. The highest BCUT2D eigenvalue weighted by Gasteiger charge is 2.07. The molecule has 128 valence electrons. The molecule has 1 amide bonds. The zero-order valence-corrected chi connectivity index (χ0v) is 15.9. The van der Waals surface area contributed by atoms with Crippen molar-refractivity contribution < 1.29 is 4.79 Å². The van der Waals surface area contributed by atoms with Gasteiger partial charge in [0.15, 0.2) is 5.16 Å². The number of aryl methyl sites for hydroxylation is 1. The topological polar surface area (TPSA) is 46.9 Å². The first-order valence-corrected chi connectivity index (χ1v) is 9.72. The van der Waals surface area contributed by atoms with Crippen LogP contribution >= 0.6 is 35.1 Å². The van der Waals surface area contributed by atoms with Crippen LogP contribution in [0.2, 0.25) is 5.02 Å². The van der Waals surface area contributed by atoms with Gasteiger partial charge in [-0.25, -0.2) is 4.98 Å². The van der Waals surface area contributed by atoms with Crippen LogP contribution in [-0.2, 0) is 11.8 Å². The van der Waals surface area contributed by atoms with Gasteiger partial charge >= 0.3 is 0 Å². The number of hydrogen-bond acceptors (Lipinski definition) is 4. The molecule has 0 saturated carbocycles. The predicted octanol–water partition coefficient (Wildman–Crippen LogP) is 4.96. The molecule has 0 bridgehead atoms. The van der Waals surface area contributed by atoms with Gasteiger partial charge in [0, 0.05) is 34.9 Å². The molecule has 2 aromatic carbocycles. The normalized spacial score (nSPS) is 10.6. The third-order valence-electron chi connectivity index (χ3n) is 3.32. The quantitative estimate of drug-likeness (QED) is 0.605. The molecule has 0 unspecified atom stereocenters. The maximum atomic E-state index is 12.1. The van der Waals surface area contributed by atoms with Crippen molar-refractivity contribution in [3.63, 3.8) is 0 Å². The zero-order valence-electron chi connectivity index (χ0n) is 13.5. The standard InChI is InChI=1S/C18H16ClN3OS2/c1-22-11-10-20-18(22)25-14-8-6-13(7-9-14)21-17(23)12-24-16-5-3-2-4-15(16)19/h2-11H,12H2,1H3,(H,21,23). The molecule has 0 aliphatic heterocycles. The van der Waals surface area contributed by atoms with Crippen LogP contribution in [0, 0.1) is 0 Å². The lowest BCUT2D eigenvalue weighted by Crippen LogP contribution is -2.13. The fourth-order valence-electron chi connectivity index (χ4n) is 2.06. The van der Waals surface area contributed by atoms with E-state index in [0.29, 0.717) is 10.8 Å². The van der Waals surface area contributed by atoms with Crippen molar-refractivity contribution in [2.45, 2.75) is 14.9 Å². The molecule has 0 radical (unpaired) electrons. The summed E-state index contributed by atoms with van der Waals surface area (Å²) in [5.41, 5.74) is 0.772. The summed E-state index contributed by atoms with van der Waals surface area (Å²) in [6, 6.07) is 15.2. The summed E-state index contributed by atoms with van der Waals surface area (Å²) in [5, 5.41) is 4.48. The lowest BCUT2D eigenvalue weighted by atomic mass is 10.3. The Bertz CT molecular complexity index is 865. The van der Waals surface area contributed by atoms with Crippen LogP contribution in [0.4, 0.5) is 5.69 Å². The second kappa shape index (κ2) is 8.47. The average Bonchev–Trinajstić information content (AvgIpc) is 3.01. The van der Waals surface area contributed by atoms with Crippen molar-refractivity contribution >= 4 is 46.7 Å². The van der Waals surface area contributed by atoms with Crippen LogP contribution in [-0.4, -0.2) is 21.2 Å². The van der Waals surface area contributed by atoms with Crippen LogP contribution < -0.4 is 5.32 Å². The number of carbonyl (C=O) groups excluding carboxylic acids is 1. The van der Waals surface area contributed by atoms with Gasteiger partial charge < -0.3 is 9.88 Å². The van der Waals surface area contributed by atoms with E-state index in [1.165, 1.54) is 11.8 Å². The molecule has 3 aromatic rings. The number of imidazole rings is 1. The molecule has 1 heterocycles. The van der Waals surface area contributed by atoms with Gasteiger partial charge in [-0.05, 0) is 36.4 Å². The Hall–Kier alpha value is -1.89. The molecule has 1 aromatic heterocycles. The first-order chi connectivity index (χ1) is 12.1. The number of carbonyl (C=O) groups is 1. The van der Waals surface area contributed by atoms with Crippen molar-refractivity contribution in [1.29, 1.82) is 0 Å². The Morgan fingerprint density at radius 2 is 1.96 bits per heavy atom. The maximum absolute atomic E-state index is 12.1. The van der Waals surface area contributed by atoms with Crippen molar-refractivity contribution in [2.75, 3.05) is 11.1 Å². The molecule has 4 nitrogen and oxygen atoms in total. The minimum atomic E-state index is -0.0607. The highest BCUT2D eigenvalue weighted by atomic mass is 35.5. The third-order valence-corrected chi connectivity index (χ3v) is 5.92. The molecule has 0 aliphatic rings. The minimum absolute atomic E-state index is 0.0607. The molecule has 0 atom stereocenters. The summed E-state index contributed by atoms with van der Waals surface area (Å²) in [5.74, 6) is 0.252. The van der Waals surface area contributed by atoms with Gasteiger partial charge in [-0.3, -0.25) is 4.79 Å². The minimum Gasteiger partial charge on any atom is -0.329 e. The number of benzene rings is 2. The van der Waals surface area contributed by atoms with Crippen LogP contribution in [0.5, 0.6) is 0 Å². The first kappa shape index (κ1) is 17.9. The predicted molar refractivity (Wildman–Crippen MR) is 105 cm³/mol. The van der Waals surface area contributed by atoms with Crippen LogP contribution in [0.15, 0.2) is 75.9 Å². The van der Waals surface area contributed by atoms with Gasteiger partial charge in [0.05, 0.1) is 10.8 Å². The fraction of sp³-hybridized carbons (Fsp3) is 0.111. The summed E-state index contributed by atoms with van der Waals surface area (Å²) in [6.07, 6.45) is 3.68. The summed E-state index contributed by atoms with van der Waals surface area (Å²) >= 11 is 9.09. The van der Waals surface area contributed by atoms with Crippen molar-refractivity contribution in [3.8, 4) is 0 Å². The Kier molecular flexibility index (Phi) is 6.07. The van der Waals surface area contributed by atoms with E-state index in [0.717, 1.165) is 20.6 Å². The second-order valence-corrected chi connectivity index (χ2v) is 7.68. The number of aromatic nitrogens is 2. The van der Waals surface area contributed by atoms with Gasteiger partial charge in [0.25, 0.3) is 0 Å². The molecule has 3 rings (SSSR count). The van der Waals surface area contributed by atoms with Gasteiger partial charge in [-0.1, -0.05) is 35.5 Å². The van der Waals surface area contributed by atoms with Crippen molar-refractivity contribution in [1.82, 2.24) is 9.55 Å². The molecule has 0 saturated heterocycles. The molecular weight excluding hydrogens is 374 g/mol. The van der Waals surface area contributed by atoms with E-state index in [1.807, 2.05) is 66.3 Å². The van der Waals surface area contributed by atoms with Crippen LogP contribution in [0.1, 0.15) is 0 Å². The fourth-order valence-corrected chi connectivity index (χ4v) is 3.90. The number of halogens is 1. The van der Waals surface area contributed by atoms with E-state index in [2.05, 4.69) is 10.3 Å². The number of amides is 1. The summed E-state index contributed by atoms with van der Waals surface area (Å²) in [7, 11) is 1.96. The van der Waals surface area contributed by atoms with E-state index in [4.69, 9.17) is 11.6 Å². The van der Waals surface area contributed by atoms with E-state index < -0.39 is 0 Å². The number of nitrogens with zero attached hydrogens (tertiary/aromatic N) is 2. The average molecular weight is 390 g/mol. The number of thioether (sulfide) groups is 1. The highest BCUT2D eigenvalue weighted by molar-refractivity contribution is 8.00. The lowest BCUT2D eigenvalue weighted by molar-refractivity contribution is -0.113. The summed E-state index contributed by atoms with van der Waals surface area (Å²) < 4.78 is 1.96. The van der Waals surface area contributed by atoms with E-state index >= 15 is 0 Å². The van der Waals surface area contributed by atoms with E-state index in [1.54, 1.807) is 18.0 Å². The molecule has 0 spiro atoms. The molecule has 0 fully saturated rings. The largest absolute Gasteiger partial charge is 0.329 e. The first-order valence-electron chi connectivity index (χ1n) is 7.54. The maximum Gasteiger partial charge on any atom is 0.234 e. The third kappa shape index (κ3) is 5.04. The number of rotatable bonds is 6. The Morgan fingerprint density at radius 1 is 1.20 bits per heavy atom. The van der Waals surface area contributed by atoms with Gasteiger partial charge in [0.1, 0.15) is 0 Å². The van der Waals surface area contributed by atoms with Gasteiger partial charge in [0.2, 0.25) is 5.91 Å². The SMILES string of the molecule is Cn1ccnc1Sc1ccc(NC(=O)CSc2ccccc2Cl)cc1. The number of hydrogen-bond donors (Lipinski definition) is 1. The Balaban J connectivity index is 1.53. The Labute approximate surface area is 160 Å². The van der Waals surface area contributed by atoms with Crippen LogP contribution in [0.3, 0.4) is 0 Å². The van der Waals surface area contributed by atoms with E-state index in [-0.39, 0.29) is 5.91 Å². The Morgan fingerprint density at radius 3 is 2.64 bits per heavy atom. The van der Waals surface area contributed by atoms with Gasteiger partial charge in [-0.15, -0.1) is 11.8 Å². The molecular formula is C18H16ClN3OS2. The second-order valence-electron chi connectivity index (χ2n) is 5.21. The molecule has 1 N–H and O–H groups in total. The number of nitrogens with one attached hydrogen (secondary N) is 1. The van der Waals surface area contributed by atoms with Crippen LogP contribution in [0.25, 0.3) is 0 Å². The van der Waals surface area contributed by atoms with Crippen molar-refractivity contribution in [2.24, 2.45) is 7.05 Å². The van der Waals surface area contributed by atoms with E-state index in [9.17, 15) is 4.79 Å². The highest BCUT2D eigenvalue weighted by Crippen LogP contribution is 2.28. The zero-order chi connectivity index (χ0) is 17.6. The number of anilines is 1. The summed E-state index contributed by atoms with van der Waals surface area (Å²) in [4.78, 5) is 18.3. The molecule has 7 heteroatoms. The summed E-state index contributed by atoms with van der Waals surface area (Å²) in [6.45, 7) is 0. The smallest absolute Gasteiger partial charge is 0.234 e.